The highest BCUT2D eigenvalue weighted by Crippen LogP contribution is 2.36. The van der Waals surface area contributed by atoms with Crippen LogP contribution < -0.4 is 0 Å². The van der Waals surface area contributed by atoms with Crippen LogP contribution in [0.2, 0.25) is 10.0 Å². The van der Waals surface area contributed by atoms with Crippen molar-refractivity contribution in [3.05, 3.63) is 27.7 Å². The molecule has 0 amide bonds. The van der Waals surface area contributed by atoms with Gasteiger partial charge in [0.15, 0.2) is 6.10 Å². The van der Waals surface area contributed by atoms with E-state index >= 15 is 0 Å². The van der Waals surface area contributed by atoms with Gasteiger partial charge in [0.25, 0.3) is 0 Å². The van der Waals surface area contributed by atoms with E-state index < -0.39 is 12.1 Å². The molecule has 0 aromatic heterocycles. The third kappa shape index (κ3) is 1.92. The normalized spacial score (nSPS) is 12.5. The molecule has 14 heavy (non-hydrogen) atoms. The van der Waals surface area contributed by atoms with Gasteiger partial charge in [0.05, 0.1) is 5.02 Å². The molecule has 1 aromatic rings. The molecule has 0 aliphatic carbocycles. The number of aromatic hydroxyl groups is 1. The van der Waals surface area contributed by atoms with E-state index in [4.69, 9.17) is 38.5 Å². The third-order valence-corrected chi connectivity index (χ3v) is 2.51. The largest absolute Gasteiger partial charge is 0.506 e. The number of aliphatic hydroxyl groups is 1. The minimum atomic E-state index is -1.75. The summed E-state index contributed by atoms with van der Waals surface area (Å²) < 4.78 is 0. The number of phenolic OH excluding ortho intramolecular Hbond substituents is 1. The van der Waals surface area contributed by atoms with Gasteiger partial charge in [-0.3, -0.25) is 0 Å². The monoisotopic (exact) mass is 236 g/mol. The predicted molar refractivity (Wildman–Crippen MR) is 50.7 cm³/mol. The number of carboxylic acid groups (broad SMARTS) is 1. The van der Waals surface area contributed by atoms with E-state index in [1.54, 1.807) is 0 Å². The fourth-order valence-electron chi connectivity index (χ4n) is 0.898. The Balaban J connectivity index is 3.24. The molecule has 1 rings (SSSR count). The van der Waals surface area contributed by atoms with Crippen molar-refractivity contribution in [2.45, 2.75) is 6.10 Å². The molecule has 0 saturated carbocycles. The van der Waals surface area contributed by atoms with Gasteiger partial charge in [-0.2, -0.15) is 0 Å². The van der Waals surface area contributed by atoms with E-state index in [0.717, 1.165) is 6.07 Å². The fourth-order valence-corrected chi connectivity index (χ4v) is 1.33. The summed E-state index contributed by atoms with van der Waals surface area (Å²) in [7, 11) is 0. The van der Waals surface area contributed by atoms with E-state index in [9.17, 15) is 4.79 Å². The zero-order valence-corrected chi connectivity index (χ0v) is 8.25. The van der Waals surface area contributed by atoms with Crippen LogP contribution in [0.5, 0.6) is 5.75 Å². The van der Waals surface area contributed by atoms with Gasteiger partial charge < -0.3 is 15.3 Å². The zero-order chi connectivity index (χ0) is 10.9. The number of hydrogen-bond acceptors (Lipinski definition) is 3. The number of aliphatic hydroxyl groups excluding tert-OH is 1. The number of benzene rings is 1. The number of carboxylic acids is 1. The number of rotatable bonds is 2. The summed E-state index contributed by atoms with van der Waals surface area (Å²) in [5.41, 5.74) is -0.0537. The van der Waals surface area contributed by atoms with Gasteiger partial charge in [-0.15, -0.1) is 0 Å². The molecule has 0 bridgehead atoms. The first-order valence-corrected chi connectivity index (χ1v) is 4.28. The van der Waals surface area contributed by atoms with Crippen LogP contribution in [0.25, 0.3) is 0 Å². The molecule has 0 spiro atoms. The number of aliphatic carboxylic acids is 1. The smallest absolute Gasteiger partial charge is 0.337 e. The number of carbonyl (C=O) groups is 1. The van der Waals surface area contributed by atoms with Gasteiger partial charge >= 0.3 is 5.97 Å². The molecule has 1 unspecified atom stereocenters. The van der Waals surface area contributed by atoms with Crippen molar-refractivity contribution in [3.8, 4) is 5.75 Å². The summed E-state index contributed by atoms with van der Waals surface area (Å²) in [5, 5.41) is 26.4. The molecule has 3 N–H and O–H groups in total. The summed E-state index contributed by atoms with van der Waals surface area (Å²) in [6.07, 6.45) is -1.75. The second kappa shape index (κ2) is 4.04. The van der Waals surface area contributed by atoms with Crippen molar-refractivity contribution in [1.82, 2.24) is 0 Å². The lowest BCUT2D eigenvalue weighted by Gasteiger charge is -2.09. The summed E-state index contributed by atoms with van der Waals surface area (Å²) in [6, 6.07) is 2.36. The lowest BCUT2D eigenvalue weighted by atomic mass is 10.1. The van der Waals surface area contributed by atoms with Gasteiger partial charge in [-0.25, -0.2) is 4.79 Å². The lowest BCUT2D eigenvalue weighted by molar-refractivity contribution is -0.146. The van der Waals surface area contributed by atoms with E-state index in [1.807, 2.05) is 0 Å². The first-order valence-electron chi connectivity index (χ1n) is 3.53. The van der Waals surface area contributed by atoms with Crippen LogP contribution in [-0.4, -0.2) is 21.3 Å². The van der Waals surface area contributed by atoms with Crippen molar-refractivity contribution in [1.29, 1.82) is 0 Å². The Morgan fingerprint density at radius 3 is 2.36 bits per heavy atom. The highest BCUT2D eigenvalue weighted by Gasteiger charge is 2.21. The Bertz CT molecular complexity index is 378. The summed E-state index contributed by atoms with van der Waals surface area (Å²) in [5.74, 6) is -1.70. The molecular weight excluding hydrogens is 231 g/mol. The minimum absolute atomic E-state index is 0.0537. The second-order valence-electron chi connectivity index (χ2n) is 2.54. The van der Waals surface area contributed by atoms with E-state index in [0.29, 0.717) is 0 Å². The van der Waals surface area contributed by atoms with Crippen LogP contribution in [0.4, 0.5) is 0 Å². The Morgan fingerprint density at radius 2 is 1.86 bits per heavy atom. The zero-order valence-electron chi connectivity index (χ0n) is 6.74. The SMILES string of the molecule is O=C(O)C(O)c1ccc(O)c(Cl)c1Cl. The molecule has 6 heteroatoms. The first kappa shape index (κ1) is 11.1. The van der Waals surface area contributed by atoms with Crippen LogP contribution in [0.15, 0.2) is 12.1 Å². The van der Waals surface area contributed by atoms with Crippen LogP contribution >= 0.6 is 23.2 Å². The van der Waals surface area contributed by atoms with Gasteiger partial charge in [0.2, 0.25) is 0 Å². The third-order valence-electron chi connectivity index (χ3n) is 1.62. The Hall–Kier alpha value is -0.970. The van der Waals surface area contributed by atoms with E-state index in [1.165, 1.54) is 6.07 Å². The lowest BCUT2D eigenvalue weighted by Crippen LogP contribution is -2.10. The summed E-state index contributed by atoms with van der Waals surface area (Å²) >= 11 is 11.2. The van der Waals surface area contributed by atoms with Crippen molar-refractivity contribution in [3.63, 3.8) is 0 Å². The first-order chi connectivity index (χ1) is 6.45. The predicted octanol–water partition coefficient (Wildman–Crippen LogP) is 1.82. The molecular formula is C8H6Cl2O4. The quantitative estimate of drug-likeness (QED) is 0.732. The molecule has 1 aromatic carbocycles. The van der Waals surface area contributed by atoms with Crippen LogP contribution in [0, 0.1) is 0 Å². The molecule has 0 aliphatic rings. The number of halogens is 2. The van der Waals surface area contributed by atoms with Crippen molar-refractivity contribution < 1.29 is 20.1 Å². The Morgan fingerprint density at radius 1 is 1.29 bits per heavy atom. The Labute approximate surface area is 89.3 Å². The molecule has 0 saturated heterocycles. The van der Waals surface area contributed by atoms with Crippen LogP contribution in [0.3, 0.4) is 0 Å². The topological polar surface area (TPSA) is 77.8 Å². The minimum Gasteiger partial charge on any atom is -0.506 e. The number of hydrogen-bond donors (Lipinski definition) is 3. The molecule has 0 radical (unpaired) electrons. The van der Waals surface area contributed by atoms with Crippen molar-refractivity contribution in [2.75, 3.05) is 0 Å². The maximum Gasteiger partial charge on any atom is 0.337 e. The maximum absolute atomic E-state index is 10.4. The van der Waals surface area contributed by atoms with Gasteiger partial charge in [-0.1, -0.05) is 29.3 Å². The van der Waals surface area contributed by atoms with Crippen molar-refractivity contribution >= 4 is 29.2 Å². The maximum atomic E-state index is 10.4. The standard InChI is InChI=1S/C8H6Cl2O4/c9-5-3(7(12)8(13)14)1-2-4(11)6(5)10/h1-2,7,11-12H,(H,13,14). The van der Waals surface area contributed by atoms with Crippen LogP contribution in [-0.2, 0) is 4.79 Å². The molecule has 1 atom stereocenters. The number of phenols is 1. The van der Waals surface area contributed by atoms with E-state index in [2.05, 4.69) is 0 Å². The van der Waals surface area contributed by atoms with Crippen LogP contribution in [0.1, 0.15) is 11.7 Å². The summed E-state index contributed by atoms with van der Waals surface area (Å²) in [6.45, 7) is 0. The average Bonchev–Trinajstić information content (AvgIpc) is 2.13. The Kier molecular flexibility index (Phi) is 3.21. The van der Waals surface area contributed by atoms with Gasteiger partial charge in [-0.05, 0) is 6.07 Å². The van der Waals surface area contributed by atoms with E-state index in [-0.39, 0.29) is 21.4 Å². The highest BCUT2D eigenvalue weighted by molar-refractivity contribution is 6.43. The second-order valence-corrected chi connectivity index (χ2v) is 3.30. The molecule has 0 aliphatic heterocycles. The fraction of sp³-hybridized carbons (Fsp3) is 0.125. The molecule has 76 valence electrons. The summed E-state index contributed by atoms with van der Waals surface area (Å²) in [4.78, 5) is 10.4. The molecule has 4 nitrogen and oxygen atoms in total. The van der Waals surface area contributed by atoms with Gasteiger partial charge in [0.1, 0.15) is 10.8 Å². The molecule has 0 heterocycles. The van der Waals surface area contributed by atoms with Gasteiger partial charge in [0, 0.05) is 5.56 Å². The highest BCUT2D eigenvalue weighted by atomic mass is 35.5. The van der Waals surface area contributed by atoms with Crippen molar-refractivity contribution in [2.24, 2.45) is 0 Å². The average molecular weight is 237 g/mol. The molecule has 0 fully saturated rings.